The fourth-order valence-corrected chi connectivity index (χ4v) is 1.99. The van der Waals surface area contributed by atoms with Crippen molar-refractivity contribution < 1.29 is 32.6 Å². The topological polar surface area (TPSA) is 63.6 Å². The number of halogens is 4. The van der Waals surface area contributed by atoms with Crippen LogP contribution >= 0.6 is 11.6 Å². The number of hydrogen-bond acceptors (Lipinski definition) is 3. The maximum Gasteiger partial charge on any atom is 0.391 e. The molecule has 0 bridgehead atoms. The van der Waals surface area contributed by atoms with Crippen LogP contribution < -0.4 is 0 Å². The number of carboxylic acids is 1. The first-order valence-electron chi connectivity index (χ1n) is 5.87. The highest BCUT2D eigenvalue weighted by Gasteiger charge is 2.56. The predicted molar refractivity (Wildman–Crippen MR) is 68.1 cm³/mol. The fraction of sp³-hybridized carbons (Fsp3) is 0.385. The Morgan fingerprint density at radius 1 is 1.24 bits per heavy atom. The minimum Gasteiger partial charge on any atom is -0.480 e. The summed E-state index contributed by atoms with van der Waals surface area (Å²) in [7, 11) is 0. The monoisotopic (exact) mass is 324 g/mol. The second-order valence-corrected chi connectivity index (χ2v) is 4.67. The Balaban J connectivity index is 3.47. The van der Waals surface area contributed by atoms with E-state index in [1.807, 2.05) is 0 Å². The van der Waals surface area contributed by atoms with Crippen LogP contribution in [-0.4, -0.2) is 29.8 Å². The van der Waals surface area contributed by atoms with Gasteiger partial charge in [0.15, 0.2) is 5.41 Å². The average Bonchev–Trinajstić information content (AvgIpc) is 2.35. The van der Waals surface area contributed by atoms with Gasteiger partial charge in [0, 0.05) is 5.02 Å². The number of carbonyl (C=O) groups is 2. The molecule has 8 heteroatoms. The summed E-state index contributed by atoms with van der Waals surface area (Å²) in [4.78, 5) is 23.4. The molecule has 0 fully saturated rings. The SMILES string of the molecule is CCOC(=O)C(CC(F)(F)F)(C(=O)O)c1ccc(Cl)cc1. The molecule has 0 heterocycles. The van der Waals surface area contributed by atoms with E-state index in [1.54, 1.807) is 0 Å². The molecule has 0 aliphatic carbocycles. The molecular weight excluding hydrogens is 313 g/mol. The summed E-state index contributed by atoms with van der Waals surface area (Å²) < 4.78 is 42.9. The van der Waals surface area contributed by atoms with E-state index in [0.717, 1.165) is 12.1 Å². The zero-order valence-electron chi connectivity index (χ0n) is 10.9. The van der Waals surface area contributed by atoms with E-state index in [0.29, 0.717) is 0 Å². The van der Waals surface area contributed by atoms with Crippen molar-refractivity contribution in [2.24, 2.45) is 0 Å². The molecule has 4 nitrogen and oxygen atoms in total. The third-order valence-electron chi connectivity index (χ3n) is 2.79. The van der Waals surface area contributed by atoms with Crippen molar-refractivity contribution in [3.8, 4) is 0 Å². The molecule has 1 aromatic carbocycles. The van der Waals surface area contributed by atoms with E-state index in [-0.39, 0.29) is 17.2 Å². The quantitative estimate of drug-likeness (QED) is 0.667. The molecule has 0 aliphatic rings. The van der Waals surface area contributed by atoms with E-state index < -0.39 is 30.0 Å². The molecule has 0 amide bonds. The maximum atomic E-state index is 12.8. The molecule has 0 spiro atoms. The van der Waals surface area contributed by atoms with Crippen LogP contribution in [0.1, 0.15) is 18.9 Å². The van der Waals surface area contributed by atoms with Crippen molar-refractivity contribution in [1.82, 2.24) is 0 Å². The van der Waals surface area contributed by atoms with Gasteiger partial charge in [-0.2, -0.15) is 13.2 Å². The van der Waals surface area contributed by atoms with Crippen LogP contribution in [0.2, 0.25) is 5.02 Å². The molecule has 21 heavy (non-hydrogen) atoms. The Hall–Kier alpha value is -1.76. The molecule has 116 valence electrons. The highest BCUT2D eigenvalue weighted by atomic mass is 35.5. The first-order valence-corrected chi connectivity index (χ1v) is 6.24. The second-order valence-electron chi connectivity index (χ2n) is 4.23. The summed E-state index contributed by atoms with van der Waals surface area (Å²) in [6.45, 7) is 1.14. The first-order chi connectivity index (χ1) is 9.63. The number of ether oxygens (including phenoxy) is 1. The Labute approximate surface area is 123 Å². The third-order valence-corrected chi connectivity index (χ3v) is 3.04. The standard InChI is InChI=1S/C13H12ClF3O4/c1-2-21-11(20)12(10(18)19,7-13(15,16)17)8-3-5-9(14)6-4-8/h3-6H,2,7H2,1H3,(H,18,19). The number of carboxylic acid groups (broad SMARTS) is 1. The van der Waals surface area contributed by atoms with Gasteiger partial charge < -0.3 is 9.84 Å². The van der Waals surface area contributed by atoms with Crippen molar-refractivity contribution >= 4 is 23.5 Å². The van der Waals surface area contributed by atoms with Crippen LogP contribution in [0.15, 0.2) is 24.3 Å². The number of benzene rings is 1. The lowest BCUT2D eigenvalue weighted by Gasteiger charge is -2.28. The number of rotatable bonds is 5. The largest absolute Gasteiger partial charge is 0.480 e. The van der Waals surface area contributed by atoms with Crippen molar-refractivity contribution in [2.75, 3.05) is 6.61 Å². The number of aliphatic carboxylic acids is 1. The molecule has 0 aromatic heterocycles. The molecule has 1 N–H and O–H groups in total. The maximum absolute atomic E-state index is 12.8. The van der Waals surface area contributed by atoms with E-state index in [9.17, 15) is 27.9 Å². The molecular formula is C13H12ClF3O4. The van der Waals surface area contributed by atoms with Crippen LogP contribution in [0, 0.1) is 0 Å². The molecule has 0 radical (unpaired) electrons. The predicted octanol–water partition coefficient (Wildman–Crippen LogP) is 3.18. The summed E-state index contributed by atoms with van der Waals surface area (Å²) in [6.07, 6.45) is -6.74. The highest BCUT2D eigenvalue weighted by Crippen LogP contribution is 2.38. The van der Waals surface area contributed by atoms with Gasteiger partial charge in [-0.15, -0.1) is 0 Å². The number of alkyl halides is 3. The fourth-order valence-electron chi connectivity index (χ4n) is 1.87. The Morgan fingerprint density at radius 3 is 2.14 bits per heavy atom. The lowest BCUT2D eigenvalue weighted by atomic mass is 9.77. The Morgan fingerprint density at radius 2 is 1.76 bits per heavy atom. The van der Waals surface area contributed by atoms with E-state index in [4.69, 9.17) is 11.6 Å². The smallest absolute Gasteiger partial charge is 0.391 e. The van der Waals surface area contributed by atoms with Gasteiger partial charge in [-0.05, 0) is 24.6 Å². The van der Waals surface area contributed by atoms with Gasteiger partial charge in [0.05, 0.1) is 13.0 Å². The van der Waals surface area contributed by atoms with Crippen LogP contribution in [0.3, 0.4) is 0 Å². The lowest BCUT2D eigenvalue weighted by molar-refractivity contribution is -0.182. The molecule has 0 aliphatic heterocycles. The van der Waals surface area contributed by atoms with Gasteiger partial charge in [-0.25, -0.2) is 0 Å². The van der Waals surface area contributed by atoms with E-state index >= 15 is 0 Å². The molecule has 1 atom stereocenters. The van der Waals surface area contributed by atoms with Crippen molar-refractivity contribution in [3.63, 3.8) is 0 Å². The highest BCUT2D eigenvalue weighted by molar-refractivity contribution is 6.30. The van der Waals surface area contributed by atoms with Gasteiger partial charge in [-0.1, -0.05) is 23.7 Å². The molecule has 1 aromatic rings. The minimum absolute atomic E-state index is 0.203. The summed E-state index contributed by atoms with van der Waals surface area (Å²) in [5.41, 5.74) is -3.19. The summed E-state index contributed by atoms with van der Waals surface area (Å²) in [5, 5.41) is 9.48. The molecule has 0 saturated heterocycles. The summed E-state index contributed by atoms with van der Waals surface area (Å²) in [6, 6.07) is 4.56. The van der Waals surface area contributed by atoms with Gasteiger partial charge >= 0.3 is 18.1 Å². The van der Waals surface area contributed by atoms with Crippen molar-refractivity contribution in [1.29, 1.82) is 0 Å². The zero-order valence-corrected chi connectivity index (χ0v) is 11.7. The third kappa shape index (κ3) is 3.87. The van der Waals surface area contributed by atoms with Gasteiger partial charge in [0.1, 0.15) is 0 Å². The zero-order chi connectivity index (χ0) is 16.3. The summed E-state index contributed by atoms with van der Waals surface area (Å²) in [5.74, 6) is -3.39. The first kappa shape index (κ1) is 17.3. The Kier molecular flexibility index (Phi) is 5.22. The van der Waals surface area contributed by atoms with Crippen LogP contribution in [0.4, 0.5) is 13.2 Å². The van der Waals surface area contributed by atoms with Crippen molar-refractivity contribution in [2.45, 2.75) is 24.9 Å². The molecule has 1 rings (SSSR count). The lowest BCUT2D eigenvalue weighted by Crippen LogP contribution is -2.48. The van der Waals surface area contributed by atoms with Crippen molar-refractivity contribution in [3.05, 3.63) is 34.9 Å². The number of carbonyl (C=O) groups excluding carboxylic acids is 1. The van der Waals surface area contributed by atoms with E-state index in [1.165, 1.54) is 19.1 Å². The van der Waals surface area contributed by atoms with Crippen LogP contribution in [0.25, 0.3) is 0 Å². The van der Waals surface area contributed by atoms with E-state index in [2.05, 4.69) is 4.74 Å². The summed E-state index contributed by atoms with van der Waals surface area (Å²) >= 11 is 5.63. The number of esters is 1. The van der Waals surface area contributed by atoms with Crippen LogP contribution in [0.5, 0.6) is 0 Å². The molecule has 1 unspecified atom stereocenters. The average molecular weight is 325 g/mol. The number of hydrogen-bond donors (Lipinski definition) is 1. The second kappa shape index (κ2) is 6.34. The van der Waals surface area contributed by atoms with Gasteiger partial charge in [-0.3, -0.25) is 9.59 Å². The minimum atomic E-state index is -4.87. The van der Waals surface area contributed by atoms with Gasteiger partial charge in [0.2, 0.25) is 0 Å². The molecule has 0 saturated carbocycles. The van der Waals surface area contributed by atoms with Gasteiger partial charge in [0.25, 0.3) is 0 Å². The normalized spacial score (nSPS) is 14.3. The van der Waals surface area contributed by atoms with Crippen LogP contribution in [-0.2, 0) is 19.7 Å². The Bertz CT molecular complexity index is 527.